The molecule has 1 unspecified atom stereocenters. The molecule has 28 heavy (non-hydrogen) atoms. The number of benzene rings is 2. The average Bonchev–Trinajstić information content (AvgIpc) is 2.71. The third-order valence-electron chi connectivity index (χ3n) is 4.78. The number of nitrogens with one attached hydrogen (secondary N) is 1. The zero-order valence-electron chi connectivity index (χ0n) is 15.2. The van der Waals surface area contributed by atoms with Crippen molar-refractivity contribution in [2.75, 3.05) is 5.32 Å². The van der Waals surface area contributed by atoms with Crippen LogP contribution >= 0.6 is 11.8 Å². The molecule has 4 rings (SSSR count). The molecule has 0 saturated carbocycles. The van der Waals surface area contributed by atoms with Crippen LogP contribution < -0.4 is 10.9 Å². The first-order chi connectivity index (χ1) is 13.5. The Balaban J connectivity index is 1.70. The fraction of sp³-hybridized carbons (Fsp3) is 0.190. The second kappa shape index (κ2) is 7.59. The standard InChI is InChI=1S/C21H18FN3O2S/c1-25-19-18(16(11-17(26)23-19)14-5-3-2-4-6-14)20(27)24-21(25)28-12-13-7-9-15(22)10-8-13/h2-10,16H,11-12H2,1H3,(H,23,26). The summed E-state index contributed by atoms with van der Waals surface area (Å²) >= 11 is 1.37. The molecule has 0 fully saturated rings. The maximum atomic E-state index is 13.1. The van der Waals surface area contributed by atoms with E-state index in [1.54, 1.807) is 23.7 Å². The van der Waals surface area contributed by atoms with Crippen molar-refractivity contribution in [3.63, 3.8) is 0 Å². The largest absolute Gasteiger partial charge is 0.312 e. The SMILES string of the molecule is Cn1c(SCc2ccc(F)cc2)nc(=O)c2c1NC(=O)CC2c1ccccc1. The Morgan fingerprint density at radius 1 is 1.14 bits per heavy atom. The van der Waals surface area contributed by atoms with E-state index >= 15 is 0 Å². The van der Waals surface area contributed by atoms with Crippen molar-refractivity contribution >= 4 is 23.5 Å². The molecular formula is C21H18FN3O2S. The Morgan fingerprint density at radius 2 is 1.86 bits per heavy atom. The number of anilines is 1. The number of carbonyl (C=O) groups is 1. The number of carbonyl (C=O) groups excluding carboxylic acids is 1. The van der Waals surface area contributed by atoms with Crippen LogP contribution in [0.25, 0.3) is 0 Å². The van der Waals surface area contributed by atoms with Crippen molar-refractivity contribution in [2.45, 2.75) is 23.2 Å². The van der Waals surface area contributed by atoms with Gasteiger partial charge < -0.3 is 9.88 Å². The minimum atomic E-state index is -0.330. The zero-order chi connectivity index (χ0) is 19.7. The van der Waals surface area contributed by atoms with E-state index in [9.17, 15) is 14.0 Å². The van der Waals surface area contributed by atoms with Gasteiger partial charge in [0.15, 0.2) is 5.16 Å². The molecule has 1 aliphatic rings. The molecule has 1 aromatic heterocycles. The number of amides is 1. The Bertz CT molecular complexity index is 1080. The summed E-state index contributed by atoms with van der Waals surface area (Å²) in [4.78, 5) is 29.4. The lowest BCUT2D eigenvalue weighted by Crippen LogP contribution is -2.33. The summed E-state index contributed by atoms with van der Waals surface area (Å²) < 4.78 is 14.8. The van der Waals surface area contributed by atoms with Gasteiger partial charge >= 0.3 is 0 Å². The normalized spacial score (nSPS) is 15.8. The van der Waals surface area contributed by atoms with Crippen molar-refractivity contribution in [3.8, 4) is 0 Å². The Morgan fingerprint density at radius 3 is 2.57 bits per heavy atom. The molecule has 0 aliphatic carbocycles. The Labute approximate surface area is 165 Å². The third kappa shape index (κ3) is 3.57. The second-order valence-electron chi connectivity index (χ2n) is 6.65. The summed E-state index contributed by atoms with van der Waals surface area (Å²) in [5, 5.41) is 3.34. The molecule has 1 atom stereocenters. The zero-order valence-corrected chi connectivity index (χ0v) is 16.0. The maximum Gasteiger partial charge on any atom is 0.279 e. The highest BCUT2D eigenvalue weighted by atomic mass is 32.2. The van der Waals surface area contributed by atoms with Crippen LogP contribution in [0.5, 0.6) is 0 Å². The van der Waals surface area contributed by atoms with Crippen LogP contribution in [0.3, 0.4) is 0 Å². The lowest BCUT2D eigenvalue weighted by atomic mass is 9.87. The fourth-order valence-electron chi connectivity index (χ4n) is 3.36. The summed E-state index contributed by atoms with van der Waals surface area (Å²) in [7, 11) is 1.78. The van der Waals surface area contributed by atoms with E-state index in [0.29, 0.717) is 22.3 Å². The predicted molar refractivity (Wildman–Crippen MR) is 107 cm³/mol. The van der Waals surface area contributed by atoms with Crippen LogP contribution in [0.4, 0.5) is 10.2 Å². The second-order valence-corrected chi connectivity index (χ2v) is 7.59. The van der Waals surface area contributed by atoms with Gasteiger partial charge in [0.2, 0.25) is 5.91 Å². The first kappa shape index (κ1) is 18.4. The van der Waals surface area contributed by atoms with E-state index in [-0.39, 0.29) is 29.6 Å². The predicted octanol–water partition coefficient (Wildman–Crippen LogP) is 3.69. The lowest BCUT2D eigenvalue weighted by Gasteiger charge is -2.27. The highest BCUT2D eigenvalue weighted by Crippen LogP contribution is 2.35. The topological polar surface area (TPSA) is 64.0 Å². The maximum absolute atomic E-state index is 13.1. The number of thioether (sulfide) groups is 1. The number of fused-ring (bicyclic) bond motifs is 1. The first-order valence-electron chi connectivity index (χ1n) is 8.86. The Kier molecular flexibility index (Phi) is 5.00. The Hall–Kier alpha value is -2.93. The van der Waals surface area contributed by atoms with Gasteiger partial charge in [0.05, 0.1) is 5.56 Å². The smallest absolute Gasteiger partial charge is 0.279 e. The number of hydrogen-bond acceptors (Lipinski definition) is 4. The van der Waals surface area contributed by atoms with Crippen LogP contribution in [0, 0.1) is 5.82 Å². The average molecular weight is 395 g/mol. The number of aromatic nitrogens is 2. The fourth-order valence-corrected chi connectivity index (χ4v) is 4.28. The van der Waals surface area contributed by atoms with Crippen LogP contribution in [-0.4, -0.2) is 15.5 Å². The minimum absolute atomic E-state index is 0.128. The summed E-state index contributed by atoms with van der Waals surface area (Å²) in [6.07, 6.45) is 0.218. The molecule has 3 aromatic rings. The summed E-state index contributed by atoms with van der Waals surface area (Å²) in [5.41, 5.74) is 2.02. The van der Waals surface area contributed by atoms with Gasteiger partial charge in [-0.05, 0) is 23.3 Å². The molecule has 0 saturated heterocycles. The van der Waals surface area contributed by atoms with Crippen LogP contribution in [0.2, 0.25) is 0 Å². The van der Waals surface area contributed by atoms with E-state index in [2.05, 4.69) is 10.3 Å². The highest BCUT2D eigenvalue weighted by Gasteiger charge is 2.31. The minimum Gasteiger partial charge on any atom is -0.312 e. The quantitative estimate of drug-likeness (QED) is 0.541. The van der Waals surface area contributed by atoms with E-state index in [4.69, 9.17) is 0 Å². The van der Waals surface area contributed by atoms with Gasteiger partial charge in [0.25, 0.3) is 5.56 Å². The number of nitrogens with zero attached hydrogens (tertiary/aromatic N) is 2. The third-order valence-corrected chi connectivity index (χ3v) is 5.89. The molecule has 0 bridgehead atoms. The van der Waals surface area contributed by atoms with Gasteiger partial charge in [-0.25, -0.2) is 4.39 Å². The van der Waals surface area contributed by atoms with Crippen molar-refractivity contribution in [1.29, 1.82) is 0 Å². The highest BCUT2D eigenvalue weighted by molar-refractivity contribution is 7.98. The van der Waals surface area contributed by atoms with Gasteiger partial charge in [0, 0.05) is 25.1 Å². The molecule has 1 aliphatic heterocycles. The van der Waals surface area contributed by atoms with Crippen LogP contribution in [0.15, 0.2) is 64.5 Å². The monoisotopic (exact) mass is 395 g/mol. The molecule has 1 amide bonds. The summed E-state index contributed by atoms with van der Waals surface area (Å²) in [5.74, 6) is 0.300. The molecule has 7 heteroatoms. The van der Waals surface area contributed by atoms with Crippen molar-refractivity contribution < 1.29 is 9.18 Å². The first-order valence-corrected chi connectivity index (χ1v) is 9.84. The number of hydrogen-bond donors (Lipinski definition) is 1. The van der Waals surface area contributed by atoms with Gasteiger partial charge in [-0.1, -0.05) is 54.2 Å². The van der Waals surface area contributed by atoms with E-state index < -0.39 is 0 Å². The van der Waals surface area contributed by atoms with Crippen molar-refractivity contribution in [1.82, 2.24) is 9.55 Å². The molecule has 2 aromatic carbocycles. The molecule has 2 heterocycles. The molecule has 1 N–H and O–H groups in total. The molecule has 0 radical (unpaired) electrons. The summed E-state index contributed by atoms with van der Waals surface area (Å²) in [6.45, 7) is 0. The summed E-state index contributed by atoms with van der Waals surface area (Å²) in [6, 6.07) is 15.7. The lowest BCUT2D eigenvalue weighted by molar-refractivity contribution is -0.116. The van der Waals surface area contributed by atoms with Crippen molar-refractivity contribution in [3.05, 3.63) is 87.5 Å². The molecular weight excluding hydrogens is 377 g/mol. The van der Waals surface area contributed by atoms with Crippen LogP contribution in [0.1, 0.15) is 29.0 Å². The van der Waals surface area contributed by atoms with Gasteiger partial charge in [-0.3, -0.25) is 9.59 Å². The van der Waals surface area contributed by atoms with E-state index in [1.807, 2.05) is 30.3 Å². The van der Waals surface area contributed by atoms with Gasteiger partial charge in [0.1, 0.15) is 11.6 Å². The molecule has 0 spiro atoms. The van der Waals surface area contributed by atoms with E-state index in [1.165, 1.54) is 23.9 Å². The van der Waals surface area contributed by atoms with Gasteiger partial charge in [-0.2, -0.15) is 4.98 Å². The number of halogens is 1. The van der Waals surface area contributed by atoms with Gasteiger partial charge in [-0.15, -0.1) is 0 Å². The van der Waals surface area contributed by atoms with Crippen LogP contribution in [-0.2, 0) is 17.6 Å². The molecule has 5 nitrogen and oxygen atoms in total. The number of rotatable bonds is 4. The molecule has 142 valence electrons. The van der Waals surface area contributed by atoms with Crippen molar-refractivity contribution in [2.24, 2.45) is 7.05 Å². The van der Waals surface area contributed by atoms with E-state index in [0.717, 1.165) is 11.1 Å².